The number of rotatable bonds is 10. The fraction of sp³-hybridized carbons (Fsp3) is 0.179. The fourth-order valence-electron chi connectivity index (χ4n) is 4.18. The van der Waals surface area contributed by atoms with Crippen molar-refractivity contribution in [3.05, 3.63) is 121 Å². The fourth-order valence-corrected chi connectivity index (χ4v) is 4.18. The number of aliphatic hydroxyl groups is 2. The largest absolute Gasteiger partial charge is 0.394 e. The molecule has 0 spiro atoms. The molecule has 1 heterocycles. The third-order valence-electron chi connectivity index (χ3n) is 5.91. The lowest BCUT2D eigenvalue weighted by atomic mass is 9.77. The lowest BCUT2D eigenvalue weighted by Gasteiger charge is -2.38. The van der Waals surface area contributed by atoms with Crippen molar-refractivity contribution in [1.82, 2.24) is 9.78 Å². The zero-order valence-electron chi connectivity index (χ0n) is 19.3. The summed E-state index contributed by atoms with van der Waals surface area (Å²) in [5.41, 5.74) is 2.46. The molecule has 0 bridgehead atoms. The minimum Gasteiger partial charge on any atom is -0.394 e. The molecule has 0 aliphatic carbocycles. The van der Waals surface area contributed by atoms with Crippen LogP contribution in [-0.4, -0.2) is 38.6 Å². The number of aromatic nitrogens is 2. The summed E-state index contributed by atoms with van der Waals surface area (Å²) >= 11 is 0. The minimum atomic E-state index is -1.24. The third-order valence-corrected chi connectivity index (χ3v) is 5.91. The Morgan fingerprint density at radius 2 is 1.40 bits per heavy atom. The van der Waals surface area contributed by atoms with Gasteiger partial charge in [0, 0.05) is 0 Å². The van der Waals surface area contributed by atoms with Crippen molar-refractivity contribution in [2.24, 2.45) is 0 Å². The summed E-state index contributed by atoms with van der Waals surface area (Å²) in [6, 6.07) is 30.1. The molecule has 4 N–H and O–H groups in total. The van der Waals surface area contributed by atoms with Gasteiger partial charge in [0.05, 0.1) is 19.3 Å². The van der Waals surface area contributed by atoms with E-state index in [9.17, 15) is 15.0 Å². The van der Waals surface area contributed by atoms with Crippen molar-refractivity contribution >= 4 is 17.4 Å². The smallest absolute Gasteiger partial charge is 0.253 e. The number of carbonyl (C=O) groups excluding carboxylic acids is 1. The van der Waals surface area contributed by atoms with Crippen LogP contribution < -0.4 is 10.6 Å². The first kappa shape index (κ1) is 24.2. The van der Waals surface area contributed by atoms with Crippen molar-refractivity contribution in [2.45, 2.75) is 24.6 Å². The van der Waals surface area contributed by atoms with Gasteiger partial charge in [0.25, 0.3) is 5.91 Å². The summed E-state index contributed by atoms with van der Waals surface area (Å²) in [7, 11) is 0. The molecule has 1 aromatic heterocycles. The number of hydrogen-bond acceptors (Lipinski definition) is 5. The van der Waals surface area contributed by atoms with Gasteiger partial charge in [0.1, 0.15) is 23.1 Å². The van der Waals surface area contributed by atoms with Gasteiger partial charge in [0.15, 0.2) is 0 Å². The molecule has 0 aliphatic rings. The van der Waals surface area contributed by atoms with E-state index in [0.717, 1.165) is 16.7 Å². The summed E-state index contributed by atoms with van der Waals surface area (Å²) in [6.07, 6.45) is 0.310. The first-order chi connectivity index (χ1) is 17.1. The number of benzene rings is 3. The molecular weight excluding hydrogens is 440 g/mol. The molecule has 1 atom stereocenters. The summed E-state index contributed by atoms with van der Waals surface area (Å²) in [4.78, 5) is 12.5. The van der Waals surface area contributed by atoms with Gasteiger partial charge in [-0.1, -0.05) is 97.9 Å². The van der Waals surface area contributed by atoms with Crippen molar-refractivity contribution in [3.63, 3.8) is 0 Å². The van der Waals surface area contributed by atoms with Crippen LogP contribution in [0, 0.1) is 6.92 Å². The standard InChI is InChI=1S/C28H29N4O3/c1-2-25(34)27(35)30-24-20-29-32(18-19-33)26(24)31-28(21-12-6-3-7-13-21,22-14-8-4-9-15-22)23-16-10-5-11-17-23/h3-17,20,25,31,33-34H,1-2,18-19H2,(H,30,35)/t25-/m0/s1. The lowest BCUT2D eigenvalue weighted by Crippen LogP contribution is -2.39. The monoisotopic (exact) mass is 469 g/mol. The van der Waals surface area contributed by atoms with E-state index in [1.807, 2.05) is 91.0 Å². The van der Waals surface area contributed by atoms with E-state index in [0.29, 0.717) is 11.5 Å². The SMILES string of the molecule is [CH2]C[C@H](O)C(=O)Nc1cnn(CCO)c1NC(c1ccccc1)(c1ccccc1)c1ccccc1. The second kappa shape index (κ2) is 11.0. The van der Waals surface area contributed by atoms with Gasteiger partial charge in [-0.05, 0) is 23.1 Å². The van der Waals surface area contributed by atoms with Crippen molar-refractivity contribution in [1.29, 1.82) is 0 Å². The van der Waals surface area contributed by atoms with E-state index in [4.69, 9.17) is 0 Å². The van der Waals surface area contributed by atoms with E-state index < -0.39 is 17.6 Å². The van der Waals surface area contributed by atoms with Gasteiger partial charge in [-0.2, -0.15) is 5.10 Å². The van der Waals surface area contributed by atoms with Crippen LogP contribution in [0.4, 0.5) is 11.5 Å². The molecule has 179 valence electrons. The number of aliphatic hydroxyl groups excluding tert-OH is 2. The number of nitrogens with one attached hydrogen (secondary N) is 2. The van der Waals surface area contributed by atoms with Crippen molar-refractivity contribution in [3.8, 4) is 0 Å². The van der Waals surface area contributed by atoms with Crippen LogP contribution >= 0.6 is 0 Å². The lowest BCUT2D eigenvalue weighted by molar-refractivity contribution is -0.123. The number of anilines is 2. The van der Waals surface area contributed by atoms with Crippen molar-refractivity contribution < 1.29 is 15.0 Å². The summed E-state index contributed by atoms with van der Waals surface area (Å²) in [5.74, 6) is -0.0726. The zero-order valence-corrected chi connectivity index (χ0v) is 19.3. The number of carbonyl (C=O) groups is 1. The molecule has 4 rings (SSSR count). The zero-order chi connectivity index (χ0) is 24.7. The Morgan fingerprint density at radius 3 is 1.83 bits per heavy atom. The van der Waals surface area contributed by atoms with Gasteiger partial charge in [-0.25, -0.2) is 4.68 Å². The quantitative estimate of drug-likeness (QED) is 0.265. The molecule has 7 heteroatoms. The van der Waals surface area contributed by atoms with Gasteiger partial charge >= 0.3 is 0 Å². The predicted octanol–water partition coefficient (Wildman–Crippen LogP) is 3.80. The Balaban J connectivity index is 1.94. The highest BCUT2D eigenvalue weighted by Gasteiger charge is 2.38. The van der Waals surface area contributed by atoms with Crippen LogP contribution in [0.15, 0.2) is 97.2 Å². The van der Waals surface area contributed by atoms with E-state index >= 15 is 0 Å². The van der Waals surface area contributed by atoms with E-state index in [1.165, 1.54) is 6.20 Å². The van der Waals surface area contributed by atoms with Crippen LogP contribution in [0.2, 0.25) is 0 Å². The molecule has 0 aliphatic heterocycles. The second-order valence-corrected chi connectivity index (χ2v) is 8.12. The first-order valence-corrected chi connectivity index (χ1v) is 11.5. The molecule has 0 unspecified atom stereocenters. The Bertz CT molecular complexity index is 1130. The Labute approximate surface area is 205 Å². The maximum Gasteiger partial charge on any atom is 0.253 e. The predicted molar refractivity (Wildman–Crippen MR) is 137 cm³/mol. The summed E-state index contributed by atoms with van der Waals surface area (Å²) < 4.78 is 1.61. The van der Waals surface area contributed by atoms with E-state index in [-0.39, 0.29) is 19.6 Å². The highest BCUT2D eigenvalue weighted by molar-refractivity contribution is 5.96. The average Bonchev–Trinajstić information content (AvgIpc) is 3.28. The molecule has 7 nitrogen and oxygen atoms in total. The minimum absolute atomic E-state index is 0.0430. The van der Waals surface area contributed by atoms with Gasteiger partial charge < -0.3 is 20.8 Å². The number of amides is 1. The van der Waals surface area contributed by atoms with Crippen LogP contribution in [0.3, 0.4) is 0 Å². The topological polar surface area (TPSA) is 99.4 Å². The second-order valence-electron chi connectivity index (χ2n) is 8.12. The summed E-state index contributed by atoms with van der Waals surface area (Å²) in [5, 5.41) is 30.5. The third kappa shape index (κ3) is 4.96. The molecule has 1 amide bonds. The molecule has 0 fully saturated rings. The highest BCUT2D eigenvalue weighted by atomic mass is 16.3. The average molecular weight is 470 g/mol. The van der Waals surface area contributed by atoms with Gasteiger partial charge in [0.2, 0.25) is 0 Å². The number of nitrogens with zero attached hydrogens (tertiary/aromatic N) is 2. The van der Waals surface area contributed by atoms with Crippen LogP contribution in [0.5, 0.6) is 0 Å². The molecular formula is C28H29N4O3. The molecule has 4 aromatic rings. The molecule has 1 radical (unpaired) electrons. The maximum atomic E-state index is 12.5. The number of hydrogen-bond donors (Lipinski definition) is 4. The molecule has 35 heavy (non-hydrogen) atoms. The van der Waals surface area contributed by atoms with Crippen LogP contribution in [0.25, 0.3) is 0 Å². The molecule has 3 aromatic carbocycles. The Kier molecular flexibility index (Phi) is 7.60. The van der Waals surface area contributed by atoms with Crippen LogP contribution in [-0.2, 0) is 16.9 Å². The Morgan fingerprint density at radius 1 is 0.914 bits per heavy atom. The Hall–Kier alpha value is -3.94. The highest BCUT2D eigenvalue weighted by Crippen LogP contribution is 2.41. The van der Waals surface area contributed by atoms with E-state index in [2.05, 4.69) is 22.7 Å². The van der Waals surface area contributed by atoms with Gasteiger partial charge in [-0.15, -0.1) is 0 Å². The molecule has 0 saturated carbocycles. The van der Waals surface area contributed by atoms with E-state index in [1.54, 1.807) is 4.68 Å². The van der Waals surface area contributed by atoms with Gasteiger partial charge in [-0.3, -0.25) is 4.79 Å². The molecule has 0 saturated heterocycles. The maximum absolute atomic E-state index is 12.5. The van der Waals surface area contributed by atoms with Crippen LogP contribution in [0.1, 0.15) is 23.1 Å². The summed E-state index contributed by atoms with van der Waals surface area (Å²) in [6.45, 7) is 3.68. The first-order valence-electron chi connectivity index (χ1n) is 11.5. The normalized spacial score (nSPS) is 12.2. The van der Waals surface area contributed by atoms with Crippen molar-refractivity contribution in [2.75, 3.05) is 17.2 Å².